The molecule has 1 aliphatic rings. The zero-order chi connectivity index (χ0) is 17.3. The molecular formula is C15H12N4O4S. The van der Waals surface area contributed by atoms with Gasteiger partial charge in [-0.1, -0.05) is 0 Å². The molecule has 8 nitrogen and oxygen atoms in total. The predicted molar refractivity (Wildman–Crippen MR) is 84.0 cm³/mol. The zero-order valence-corrected chi connectivity index (χ0v) is 13.3. The van der Waals surface area contributed by atoms with Crippen molar-refractivity contribution in [3.8, 4) is 6.07 Å². The quantitative estimate of drug-likeness (QED) is 0.818. The molecule has 0 aromatic carbocycles. The topological polar surface area (TPSA) is 115 Å². The molecule has 3 rings (SSSR count). The maximum atomic E-state index is 12.5. The molecule has 1 fully saturated rings. The van der Waals surface area contributed by atoms with Gasteiger partial charge in [0, 0.05) is 0 Å². The molecule has 0 bridgehead atoms. The molecule has 1 aliphatic heterocycles. The number of nitrogens with one attached hydrogen (secondary N) is 2. The minimum absolute atomic E-state index is 0.286. The molecule has 0 saturated carbocycles. The first-order valence-electron chi connectivity index (χ1n) is 6.91. The molecule has 1 saturated heterocycles. The van der Waals surface area contributed by atoms with E-state index in [4.69, 9.17) is 9.68 Å². The summed E-state index contributed by atoms with van der Waals surface area (Å²) in [4.78, 5) is 37.6. The normalized spacial score (nSPS) is 19.9. The lowest BCUT2D eigenvalue weighted by Crippen LogP contribution is -2.41. The van der Waals surface area contributed by atoms with Gasteiger partial charge >= 0.3 is 6.03 Å². The van der Waals surface area contributed by atoms with Crippen LogP contribution in [0.15, 0.2) is 34.3 Å². The summed E-state index contributed by atoms with van der Waals surface area (Å²) in [5.74, 6) is -0.862. The summed E-state index contributed by atoms with van der Waals surface area (Å²) in [5, 5.41) is 16.0. The molecule has 0 aliphatic carbocycles. The highest BCUT2D eigenvalue weighted by Crippen LogP contribution is 2.29. The van der Waals surface area contributed by atoms with E-state index < -0.39 is 29.9 Å². The van der Waals surface area contributed by atoms with Gasteiger partial charge in [-0.3, -0.25) is 14.5 Å². The van der Waals surface area contributed by atoms with Crippen LogP contribution in [0, 0.1) is 11.3 Å². The van der Waals surface area contributed by atoms with Crippen molar-refractivity contribution in [2.75, 3.05) is 11.9 Å². The number of anilines is 1. The van der Waals surface area contributed by atoms with Gasteiger partial charge in [0.05, 0.1) is 11.8 Å². The van der Waals surface area contributed by atoms with Crippen LogP contribution in [0.2, 0.25) is 0 Å². The number of hydrogen-bond acceptors (Lipinski definition) is 6. The number of urea groups is 1. The molecule has 9 heteroatoms. The molecule has 0 radical (unpaired) electrons. The second kappa shape index (κ2) is 5.82. The second-order valence-electron chi connectivity index (χ2n) is 5.25. The van der Waals surface area contributed by atoms with Crippen LogP contribution in [-0.4, -0.2) is 29.3 Å². The number of carbonyl (C=O) groups excluding carboxylic acids is 3. The van der Waals surface area contributed by atoms with Crippen molar-refractivity contribution in [2.24, 2.45) is 0 Å². The summed E-state index contributed by atoms with van der Waals surface area (Å²) >= 11 is 1.19. The van der Waals surface area contributed by atoms with Crippen molar-refractivity contribution >= 4 is 34.2 Å². The van der Waals surface area contributed by atoms with Gasteiger partial charge in [0.15, 0.2) is 5.54 Å². The first-order valence-corrected chi connectivity index (χ1v) is 7.79. The average Bonchev–Trinajstić information content (AvgIpc) is 3.26. The Morgan fingerprint density at radius 3 is 2.96 bits per heavy atom. The number of nitriles is 1. The van der Waals surface area contributed by atoms with E-state index in [1.54, 1.807) is 23.6 Å². The van der Waals surface area contributed by atoms with E-state index >= 15 is 0 Å². The maximum Gasteiger partial charge on any atom is 0.325 e. The minimum Gasteiger partial charge on any atom is -0.466 e. The molecule has 2 aromatic heterocycles. The van der Waals surface area contributed by atoms with Gasteiger partial charge in [0.2, 0.25) is 5.91 Å². The van der Waals surface area contributed by atoms with E-state index in [1.165, 1.54) is 24.5 Å². The van der Waals surface area contributed by atoms with Crippen LogP contribution in [-0.2, 0) is 15.1 Å². The molecule has 0 spiro atoms. The van der Waals surface area contributed by atoms with Gasteiger partial charge in [0.25, 0.3) is 5.91 Å². The van der Waals surface area contributed by atoms with Crippen LogP contribution in [0.4, 0.5) is 9.80 Å². The van der Waals surface area contributed by atoms with Crippen molar-refractivity contribution in [3.63, 3.8) is 0 Å². The van der Waals surface area contributed by atoms with Crippen LogP contribution in [0.25, 0.3) is 0 Å². The third kappa shape index (κ3) is 2.53. The predicted octanol–water partition coefficient (Wildman–Crippen LogP) is 1.62. The second-order valence-corrected chi connectivity index (χ2v) is 6.16. The summed E-state index contributed by atoms with van der Waals surface area (Å²) in [5.41, 5.74) is -1.02. The fraction of sp³-hybridized carbons (Fsp3) is 0.200. The number of furan rings is 1. The van der Waals surface area contributed by atoms with Crippen LogP contribution >= 0.6 is 11.3 Å². The molecule has 4 amide bonds. The van der Waals surface area contributed by atoms with E-state index in [-0.39, 0.29) is 5.76 Å². The Balaban J connectivity index is 1.74. The Morgan fingerprint density at radius 1 is 1.50 bits per heavy atom. The fourth-order valence-corrected chi connectivity index (χ4v) is 3.13. The first kappa shape index (κ1) is 15.8. The third-order valence-electron chi connectivity index (χ3n) is 3.63. The molecular weight excluding hydrogens is 332 g/mol. The highest BCUT2D eigenvalue weighted by Gasteiger charge is 2.51. The number of rotatable bonds is 4. The first-order chi connectivity index (χ1) is 11.5. The summed E-state index contributed by atoms with van der Waals surface area (Å²) in [6.45, 7) is 1.06. The molecule has 3 heterocycles. The third-order valence-corrected chi connectivity index (χ3v) is 4.46. The zero-order valence-electron chi connectivity index (χ0n) is 12.5. The SMILES string of the molecule is CC1(c2ccco2)NC(=O)N(CC(=O)Nc2sccc2C#N)C1=O. The Labute approximate surface area is 140 Å². The minimum atomic E-state index is -1.35. The smallest absolute Gasteiger partial charge is 0.325 e. The molecule has 24 heavy (non-hydrogen) atoms. The molecule has 2 N–H and O–H groups in total. The average molecular weight is 344 g/mol. The largest absolute Gasteiger partial charge is 0.466 e. The summed E-state index contributed by atoms with van der Waals surface area (Å²) in [6.07, 6.45) is 1.40. The maximum absolute atomic E-state index is 12.5. The fourth-order valence-electron chi connectivity index (χ4n) is 2.37. The van der Waals surface area contributed by atoms with Gasteiger partial charge in [0.1, 0.15) is 23.4 Å². The summed E-state index contributed by atoms with van der Waals surface area (Å²) < 4.78 is 5.21. The van der Waals surface area contributed by atoms with Gasteiger partial charge in [-0.05, 0) is 30.5 Å². The lowest BCUT2D eigenvalue weighted by atomic mass is 9.99. The molecule has 1 unspecified atom stereocenters. The van der Waals surface area contributed by atoms with E-state index in [0.717, 1.165) is 4.90 Å². The van der Waals surface area contributed by atoms with Crippen molar-refractivity contribution < 1.29 is 18.8 Å². The Morgan fingerprint density at radius 2 is 2.29 bits per heavy atom. The molecule has 1 atom stereocenters. The van der Waals surface area contributed by atoms with E-state index in [1.807, 2.05) is 6.07 Å². The summed E-state index contributed by atoms with van der Waals surface area (Å²) in [7, 11) is 0. The van der Waals surface area contributed by atoms with Crippen LogP contribution < -0.4 is 10.6 Å². The van der Waals surface area contributed by atoms with E-state index in [0.29, 0.717) is 10.6 Å². The Bertz CT molecular complexity index is 851. The van der Waals surface area contributed by atoms with E-state index in [2.05, 4.69) is 10.6 Å². The highest BCUT2D eigenvalue weighted by molar-refractivity contribution is 7.14. The van der Waals surface area contributed by atoms with Crippen molar-refractivity contribution in [3.05, 3.63) is 41.2 Å². The molecule has 2 aromatic rings. The van der Waals surface area contributed by atoms with Gasteiger partial charge in [-0.15, -0.1) is 11.3 Å². The lowest BCUT2D eigenvalue weighted by Gasteiger charge is -2.18. The number of amides is 4. The van der Waals surface area contributed by atoms with Crippen molar-refractivity contribution in [1.29, 1.82) is 5.26 Å². The van der Waals surface area contributed by atoms with Gasteiger partial charge in [-0.25, -0.2) is 4.79 Å². The Kier molecular flexibility index (Phi) is 3.83. The molecule has 122 valence electrons. The van der Waals surface area contributed by atoms with Crippen LogP contribution in [0.5, 0.6) is 0 Å². The lowest BCUT2D eigenvalue weighted by molar-refractivity contribution is -0.134. The highest BCUT2D eigenvalue weighted by atomic mass is 32.1. The van der Waals surface area contributed by atoms with Gasteiger partial charge < -0.3 is 15.1 Å². The van der Waals surface area contributed by atoms with Gasteiger partial charge in [-0.2, -0.15) is 5.26 Å². The number of imide groups is 1. The number of thiophene rings is 1. The number of nitrogens with zero attached hydrogens (tertiary/aromatic N) is 2. The monoisotopic (exact) mass is 344 g/mol. The van der Waals surface area contributed by atoms with Crippen LogP contribution in [0.3, 0.4) is 0 Å². The summed E-state index contributed by atoms with van der Waals surface area (Å²) in [6, 6.07) is 6.02. The Hall–Kier alpha value is -3.12. The van der Waals surface area contributed by atoms with E-state index in [9.17, 15) is 14.4 Å². The van der Waals surface area contributed by atoms with Crippen molar-refractivity contribution in [1.82, 2.24) is 10.2 Å². The van der Waals surface area contributed by atoms with Crippen molar-refractivity contribution in [2.45, 2.75) is 12.5 Å². The number of hydrogen-bond donors (Lipinski definition) is 2. The standard InChI is InChI=1S/C15H12N4O4S/c1-15(10-3-2-5-23-10)13(21)19(14(22)18-15)8-11(20)17-12-9(7-16)4-6-24-12/h2-6H,8H2,1H3,(H,17,20)(H,18,22). The number of carbonyl (C=O) groups is 3. The van der Waals surface area contributed by atoms with Crippen LogP contribution in [0.1, 0.15) is 18.2 Å².